The minimum Gasteiger partial charge on any atom is -0.317 e. The van der Waals surface area contributed by atoms with Crippen molar-refractivity contribution in [3.63, 3.8) is 0 Å². The van der Waals surface area contributed by atoms with E-state index in [1.807, 2.05) is 0 Å². The lowest BCUT2D eigenvalue weighted by Crippen LogP contribution is -2.36. The fraction of sp³-hybridized carbons (Fsp3) is 1.00. The molecule has 1 fully saturated rings. The van der Waals surface area contributed by atoms with E-state index in [2.05, 4.69) is 5.32 Å². The molecule has 1 aliphatic heterocycles. The second kappa shape index (κ2) is 4.38. The van der Waals surface area contributed by atoms with Crippen molar-refractivity contribution in [3.8, 4) is 0 Å². The van der Waals surface area contributed by atoms with Gasteiger partial charge in [0.05, 0.1) is 6.10 Å². The molecule has 0 aliphatic carbocycles. The summed E-state index contributed by atoms with van der Waals surface area (Å²) >= 11 is 0. The van der Waals surface area contributed by atoms with E-state index in [4.69, 9.17) is 15.5 Å². The fourth-order valence-electron chi connectivity index (χ4n) is 1.04. The summed E-state index contributed by atoms with van der Waals surface area (Å²) in [5.41, 5.74) is 0. The van der Waals surface area contributed by atoms with Crippen molar-refractivity contribution in [1.29, 1.82) is 0 Å². The number of hydrogen-bond donors (Lipinski definition) is 2. The van der Waals surface area contributed by atoms with Crippen LogP contribution in [0.4, 0.5) is 0 Å². The largest absolute Gasteiger partial charge is 0.319 e. The standard InChI is InChI=1S/C5H11ClN2O3S/c6-12(9,10)8-11-5-1-3-7-4-2-5/h5,7-8H,1-4H2. The Hall–Kier alpha value is 0.120. The van der Waals surface area contributed by atoms with E-state index in [-0.39, 0.29) is 6.10 Å². The van der Waals surface area contributed by atoms with Gasteiger partial charge in [-0.05, 0) is 25.9 Å². The van der Waals surface area contributed by atoms with Crippen molar-refractivity contribution in [3.05, 3.63) is 0 Å². The summed E-state index contributed by atoms with van der Waals surface area (Å²) in [6, 6.07) is 0. The molecule has 12 heavy (non-hydrogen) atoms. The Kier molecular flexibility index (Phi) is 3.73. The molecule has 0 saturated carbocycles. The van der Waals surface area contributed by atoms with E-state index in [9.17, 15) is 8.42 Å². The molecule has 0 spiro atoms. The zero-order valence-corrected chi connectivity index (χ0v) is 7.99. The topological polar surface area (TPSA) is 67.4 Å². The second-order valence-corrected chi connectivity index (χ2v) is 4.85. The Balaban J connectivity index is 2.22. The molecule has 0 atom stereocenters. The van der Waals surface area contributed by atoms with Crippen LogP contribution in [0, 0.1) is 0 Å². The van der Waals surface area contributed by atoms with Crippen LogP contribution in [-0.4, -0.2) is 27.6 Å². The molecule has 5 nitrogen and oxygen atoms in total. The summed E-state index contributed by atoms with van der Waals surface area (Å²) in [5.74, 6) is 0. The molecule has 0 radical (unpaired) electrons. The Labute approximate surface area is 75.9 Å². The van der Waals surface area contributed by atoms with E-state index in [0.29, 0.717) is 0 Å². The predicted octanol–water partition coefficient (Wildman–Crippen LogP) is -0.257. The predicted molar refractivity (Wildman–Crippen MR) is 44.9 cm³/mol. The van der Waals surface area contributed by atoms with Crippen molar-refractivity contribution in [2.75, 3.05) is 13.1 Å². The first-order valence-corrected chi connectivity index (χ1v) is 5.96. The highest BCUT2D eigenvalue weighted by Crippen LogP contribution is 2.06. The molecular weight excluding hydrogens is 204 g/mol. The lowest BCUT2D eigenvalue weighted by Gasteiger charge is -2.21. The Bertz CT molecular complexity index is 225. The van der Waals surface area contributed by atoms with Gasteiger partial charge in [-0.1, -0.05) is 4.89 Å². The minimum atomic E-state index is -3.74. The number of piperidine rings is 1. The zero-order chi connectivity index (χ0) is 9.03. The molecule has 1 heterocycles. The number of halogens is 1. The van der Waals surface area contributed by atoms with E-state index in [1.165, 1.54) is 0 Å². The Morgan fingerprint density at radius 1 is 1.42 bits per heavy atom. The average Bonchev–Trinajstić information content (AvgIpc) is 2.02. The van der Waals surface area contributed by atoms with Gasteiger partial charge >= 0.3 is 9.24 Å². The first-order valence-electron chi connectivity index (χ1n) is 3.66. The van der Waals surface area contributed by atoms with Gasteiger partial charge in [-0.15, -0.1) is 0 Å². The molecule has 0 amide bonds. The van der Waals surface area contributed by atoms with E-state index in [0.717, 1.165) is 25.9 Å². The molecule has 7 heteroatoms. The van der Waals surface area contributed by atoms with E-state index < -0.39 is 9.24 Å². The zero-order valence-electron chi connectivity index (χ0n) is 6.42. The van der Waals surface area contributed by atoms with Crippen LogP contribution in [0.15, 0.2) is 0 Å². The molecule has 0 bridgehead atoms. The van der Waals surface area contributed by atoms with Gasteiger partial charge in [0.25, 0.3) is 0 Å². The molecule has 1 saturated heterocycles. The quantitative estimate of drug-likeness (QED) is 0.502. The first kappa shape index (κ1) is 10.2. The SMILES string of the molecule is O=S(=O)(Cl)NOC1CCNCC1. The van der Waals surface area contributed by atoms with Crippen LogP contribution in [0.25, 0.3) is 0 Å². The van der Waals surface area contributed by atoms with Crippen LogP contribution >= 0.6 is 10.7 Å². The van der Waals surface area contributed by atoms with E-state index >= 15 is 0 Å². The number of rotatable bonds is 3. The van der Waals surface area contributed by atoms with Gasteiger partial charge in [0.2, 0.25) is 0 Å². The molecule has 1 rings (SSSR count). The summed E-state index contributed by atoms with van der Waals surface area (Å²) in [7, 11) is 1.13. The van der Waals surface area contributed by atoms with Gasteiger partial charge in [-0.25, -0.2) is 0 Å². The Morgan fingerprint density at radius 3 is 2.50 bits per heavy atom. The molecule has 72 valence electrons. The summed E-state index contributed by atoms with van der Waals surface area (Å²) < 4.78 is 20.8. The lowest BCUT2D eigenvalue weighted by molar-refractivity contribution is 0.00125. The summed E-state index contributed by atoms with van der Waals surface area (Å²) in [4.78, 5) is 6.64. The highest BCUT2D eigenvalue weighted by Gasteiger charge is 2.15. The molecular formula is C5H11ClN2O3S. The molecule has 2 N–H and O–H groups in total. The third kappa shape index (κ3) is 4.22. The maximum absolute atomic E-state index is 10.4. The van der Waals surface area contributed by atoms with Crippen LogP contribution < -0.4 is 10.2 Å². The molecule has 1 aliphatic rings. The van der Waals surface area contributed by atoms with Gasteiger partial charge in [-0.3, -0.25) is 4.84 Å². The molecule has 0 unspecified atom stereocenters. The van der Waals surface area contributed by atoms with Crippen molar-refractivity contribution in [2.45, 2.75) is 18.9 Å². The molecule has 0 aromatic heterocycles. The van der Waals surface area contributed by atoms with Gasteiger partial charge in [0, 0.05) is 10.7 Å². The maximum Gasteiger partial charge on any atom is 0.319 e. The molecule has 0 aromatic carbocycles. The summed E-state index contributed by atoms with van der Waals surface area (Å²) in [6.45, 7) is 1.68. The van der Waals surface area contributed by atoms with Crippen LogP contribution in [0.3, 0.4) is 0 Å². The van der Waals surface area contributed by atoms with Crippen LogP contribution in [0.1, 0.15) is 12.8 Å². The van der Waals surface area contributed by atoms with Crippen molar-refractivity contribution in [2.24, 2.45) is 0 Å². The monoisotopic (exact) mass is 214 g/mol. The normalized spacial score (nSPS) is 21.1. The Morgan fingerprint density at radius 2 is 2.00 bits per heavy atom. The second-order valence-electron chi connectivity index (χ2n) is 2.59. The minimum absolute atomic E-state index is 0.0697. The number of hydrogen-bond acceptors (Lipinski definition) is 4. The highest BCUT2D eigenvalue weighted by molar-refractivity contribution is 8.12. The van der Waals surface area contributed by atoms with Crippen LogP contribution in [0.5, 0.6) is 0 Å². The van der Waals surface area contributed by atoms with Gasteiger partial charge < -0.3 is 5.32 Å². The fourth-order valence-corrected chi connectivity index (χ4v) is 1.40. The number of nitrogens with one attached hydrogen (secondary N) is 2. The smallest absolute Gasteiger partial charge is 0.317 e. The maximum atomic E-state index is 10.4. The van der Waals surface area contributed by atoms with Gasteiger partial charge in [0.1, 0.15) is 0 Å². The summed E-state index contributed by atoms with van der Waals surface area (Å²) in [5, 5.41) is 3.12. The summed E-state index contributed by atoms with van der Waals surface area (Å²) in [6.07, 6.45) is 1.51. The van der Waals surface area contributed by atoms with Gasteiger partial charge in [0.15, 0.2) is 0 Å². The third-order valence-electron chi connectivity index (χ3n) is 1.60. The molecule has 0 aromatic rings. The van der Waals surface area contributed by atoms with Crippen molar-refractivity contribution < 1.29 is 13.3 Å². The average molecular weight is 215 g/mol. The van der Waals surface area contributed by atoms with Crippen LogP contribution in [-0.2, 0) is 14.1 Å². The highest BCUT2D eigenvalue weighted by atomic mass is 35.7. The van der Waals surface area contributed by atoms with Crippen molar-refractivity contribution in [1.82, 2.24) is 10.2 Å². The van der Waals surface area contributed by atoms with Gasteiger partial charge in [-0.2, -0.15) is 8.42 Å². The van der Waals surface area contributed by atoms with E-state index in [1.54, 1.807) is 4.89 Å². The van der Waals surface area contributed by atoms with Crippen molar-refractivity contribution >= 4 is 19.9 Å². The van der Waals surface area contributed by atoms with Crippen LogP contribution in [0.2, 0.25) is 0 Å². The lowest BCUT2D eigenvalue weighted by atomic mass is 10.1. The third-order valence-corrected chi connectivity index (χ3v) is 2.08. The first-order chi connectivity index (χ1) is 5.58.